The van der Waals surface area contributed by atoms with Crippen LogP contribution in [-0.2, 0) is 0 Å². The van der Waals surface area contributed by atoms with Crippen molar-refractivity contribution < 1.29 is 9.26 Å². The van der Waals surface area contributed by atoms with E-state index in [2.05, 4.69) is 10.1 Å². The molecular weight excluding hydrogens is 240 g/mol. The van der Waals surface area contributed by atoms with E-state index in [-0.39, 0.29) is 0 Å². The van der Waals surface area contributed by atoms with Crippen LogP contribution in [0.5, 0.6) is 11.5 Å². The minimum absolute atomic E-state index is 0.517. The molecular formula is C15H12N2O2. The molecule has 4 nitrogen and oxygen atoms in total. The first kappa shape index (κ1) is 11.5. The molecule has 19 heavy (non-hydrogen) atoms. The summed E-state index contributed by atoms with van der Waals surface area (Å²) in [4.78, 5) is 4.18. The lowest BCUT2D eigenvalue weighted by atomic mass is 10.2. The number of ether oxygens (including phenoxy) is 1. The second kappa shape index (κ2) is 4.94. The average Bonchev–Trinajstić information content (AvgIpc) is 2.87. The van der Waals surface area contributed by atoms with E-state index in [0.29, 0.717) is 11.7 Å². The predicted molar refractivity (Wildman–Crippen MR) is 71.0 cm³/mol. The molecule has 0 bridgehead atoms. The van der Waals surface area contributed by atoms with E-state index in [0.717, 1.165) is 17.1 Å². The molecule has 0 unspecified atom stereocenters. The topological polar surface area (TPSA) is 48.2 Å². The number of para-hydroxylation sites is 1. The molecule has 1 heterocycles. The second-order valence-electron chi connectivity index (χ2n) is 4.09. The Morgan fingerprint density at radius 3 is 2.21 bits per heavy atom. The Bertz CT molecular complexity index is 660. The third-order valence-corrected chi connectivity index (χ3v) is 2.61. The van der Waals surface area contributed by atoms with E-state index >= 15 is 0 Å². The summed E-state index contributed by atoms with van der Waals surface area (Å²) in [5, 5.41) is 3.77. The lowest BCUT2D eigenvalue weighted by Gasteiger charge is -2.05. The fraction of sp³-hybridized carbons (Fsp3) is 0.0667. The Labute approximate surface area is 110 Å². The first-order chi connectivity index (χ1) is 9.31. The van der Waals surface area contributed by atoms with E-state index in [1.54, 1.807) is 6.92 Å². The van der Waals surface area contributed by atoms with Gasteiger partial charge in [-0.25, -0.2) is 0 Å². The lowest BCUT2D eigenvalue weighted by Crippen LogP contribution is -1.84. The van der Waals surface area contributed by atoms with Crippen LogP contribution in [0.1, 0.15) is 5.82 Å². The highest BCUT2D eigenvalue weighted by Gasteiger charge is 2.06. The summed E-state index contributed by atoms with van der Waals surface area (Å²) in [6.45, 7) is 1.79. The molecule has 3 aromatic rings. The Kier molecular flexibility index (Phi) is 2.98. The van der Waals surface area contributed by atoms with Crippen molar-refractivity contribution in [3.63, 3.8) is 0 Å². The van der Waals surface area contributed by atoms with Crippen molar-refractivity contribution >= 4 is 0 Å². The molecule has 0 fully saturated rings. The molecule has 0 amide bonds. The molecule has 0 saturated heterocycles. The second-order valence-corrected chi connectivity index (χ2v) is 4.09. The monoisotopic (exact) mass is 252 g/mol. The zero-order valence-corrected chi connectivity index (χ0v) is 10.4. The smallest absolute Gasteiger partial charge is 0.257 e. The van der Waals surface area contributed by atoms with Crippen LogP contribution in [0, 0.1) is 6.92 Å². The van der Waals surface area contributed by atoms with Gasteiger partial charge >= 0.3 is 0 Å². The highest BCUT2D eigenvalue weighted by molar-refractivity contribution is 5.54. The molecule has 2 aromatic carbocycles. The van der Waals surface area contributed by atoms with E-state index in [9.17, 15) is 0 Å². The van der Waals surface area contributed by atoms with Crippen molar-refractivity contribution in [2.75, 3.05) is 0 Å². The molecule has 0 aliphatic heterocycles. The van der Waals surface area contributed by atoms with E-state index in [1.165, 1.54) is 0 Å². The van der Waals surface area contributed by atoms with E-state index in [1.807, 2.05) is 54.6 Å². The van der Waals surface area contributed by atoms with Gasteiger partial charge in [0.05, 0.1) is 0 Å². The summed E-state index contributed by atoms with van der Waals surface area (Å²) in [5.41, 5.74) is 0.876. The van der Waals surface area contributed by atoms with Crippen LogP contribution in [0.15, 0.2) is 59.1 Å². The normalized spacial score (nSPS) is 10.4. The number of hydrogen-bond donors (Lipinski definition) is 0. The number of benzene rings is 2. The van der Waals surface area contributed by atoms with Gasteiger partial charge in [0.25, 0.3) is 5.89 Å². The average molecular weight is 252 g/mol. The van der Waals surface area contributed by atoms with Crippen molar-refractivity contribution in [1.82, 2.24) is 10.1 Å². The van der Waals surface area contributed by atoms with Crippen molar-refractivity contribution in [2.24, 2.45) is 0 Å². The van der Waals surface area contributed by atoms with Crippen LogP contribution < -0.4 is 4.74 Å². The molecule has 0 radical (unpaired) electrons. The van der Waals surface area contributed by atoms with Gasteiger partial charge < -0.3 is 9.26 Å². The first-order valence-corrected chi connectivity index (χ1v) is 5.95. The van der Waals surface area contributed by atoms with Gasteiger partial charge in [0, 0.05) is 5.56 Å². The minimum Gasteiger partial charge on any atom is -0.457 e. The van der Waals surface area contributed by atoms with Crippen molar-refractivity contribution in [1.29, 1.82) is 0 Å². The standard InChI is InChI=1S/C15H12N2O2/c1-11-16-15(19-17-11)12-7-9-14(10-8-12)18-13-5-3-2-4-6-13/h2-10H,1H3. The summed E-state index contributed by atoms with van der Waals surface area (Å²) >= 11 is 0. The number of rotatable bonds is 3. The summed E-state index contributed by atoms with van der Waals surface area (Å²) in [6, 6.07) is 17.2. The van der Waals surface area contributed by atoms with E-state index < -0.39 is 0 Å². The van der Waals surface area contributed by atoms with Gasteiger partial charge in [0.1, 0.15) is 11.5 Å². The summed E-state index contributed by atoms with van der Waals surface area (Å²) in [7, 11) is 0. The molecule has 0 spiro atoms. The van der Waals surface area contributed by atoms with Crippen molar-refractivity contribution in [3.05, 3.63) is 60.4 Å². The zero-order chi connectivity index (χ0) is 13.1. The van der Waals surface area contributed by atoms with Gasteiger partial charge in [-0.15, -0.1) is 0 Å². The third-order valence-electron chi connectivity index (χ3n) is 2.61. The SMILES string of the molecule is Cc1noc(-c2ccc(Oc3ccccc3)cc2)n1. The van der Waals surface area contributed by atoms with Gasteiger partial charge in [-0.1, -0.05) is 23.4 Å². The van der Waals surface area contributed by atoms with Crippen LogP contribution in [0.2, 0.25) is 0 Å². The molecule has 0 saturated carbocycles. The predicted octanol–water partition coefficient (Wildman–Crippen LogP) is 3.84. The third kappa shape index (κ3) is 2.63. The van der Waals surface area contributed by atoms with Gasteiger partial charge in [-0.2, -0.15) is 4.98 Å². The van der Waals surface area contributed by atoms with Crippen LogP contribution in [-0.4, -0.2) is 10.1 Å². The number of aromatic nitrogens is 2. The van der Waals surface area contributed by atoms with Crippen LogP contribution in [0.25, 0.3) is 11.5 Å². The van der Waals surface area contributed by atoms with Gasteiger partial charge in [0.2, 0.25) is 0 Å². The quantitative estimate of drug-likeness (QED) is 0.710. The van der Waals surface area contributed by atoms with Crippen LogP contribution >= 0.6 is 0 Å². The Balaban J connectivity index is 1.79. The minimum atomic E-state index is 0.517. The maximum absolute atomic E-state index is 5.71. The largest absolute Gasteiger partial charge is 0.457 e. The van der Waals surface area contributed by atoms with E-state index in [4.69, 9.17) is 9.26 Å². The van der Waals surface area contributed by atoms with Crippen LogP contribution in [0.3, 0.4) is 0 Å². The molecule has 3 rings (SSSR count). The molecule has 94 valence electrons. The van der Waals surface area contributed by atoms with Gasteiger partial charge in [-0.05, 0) is 43.3 Å². The Morgan fingerprint density at radius 2 is 1.58 bits per heavy atom. The first-order valence-electron chi connectivity index (χ1n) is 5.95. The summed E-state index contributed by atoms with van der Waals surface area (Å²) in [6.07, 6.45) is 0. The Morgan fingerprint density at radius 1 is 0.895 bits per heavy atom. The van der Waals surface area contributed by atoms with Crippen LogP contribution in [0.4, 0.5) is 0 Å². The highest BCUT2D eigenvalue weighted by atomic mass is 16.5. The summed E-state index contributed by atoms with van der Waals surface area (Å²) < 4.78 is 10.8. The molecule has 0 atom stereocenters. The number of nitrogens with zero attached hydrogens (tertiary/aromatic N) is 2. The maximum Gasteiger partial charge on any atom is 0.257 e. The van der Waals surface area contributed by atoms with Gasteiger partial charge in [0.15, 0.2) is 5.82 Å². The maximum atomic E-state index is 5.71. The zero-order valence-electron chi connectivity index (χ0n) is 10.4. The molecule has 4 heteroatoms. The number of aryl methyl sites for hydroxylation is 1. The molecule has 0 aliphatic carbocycles. The molecule has 0 N–H and O–H groups in total. The Hall–Kier alpha value is -2.62. The number of hydrogen-bond acceptors (Lipinski definition) is 4. The van der Waals surface area contributed by atoms with Crippen molar-refractivity contribution in [2.45, 2.75) is 6.92 Å². The van der Waals surface area contributed by atoms with Crippen molar-refractivity contribution in [3.8, 4) is 23.0 Å². The van der Waals surface area contributed by atoms with Gasteiger partial charge in [-0.3, -0.25) is 0 Å². The fourth-order valence-corrected chi connectivity index (χ4v) is 1.70. The lowest BCUT2D eigenvalue weighted by molar-refractivity contribution is 0.425. The molecule has 1 aromatic heterocycles. The molecule has 0 aliphatic rings. The highest BCUT2D eigenvalue weighted by Crippen LogP contribution is 2.24. The fourth-order valence-electron chi connectivity index (χ4n) is 1.70. The summed E-state index contributed by atoms with van der Waals surface area (Å²) in [5.74, 6) is 2.72.